The van der Waals surface area contributed by atoms with Gasteiger partial charge in [-0.3, -0.25) is 4.79 Å². The van der Waals surface area contributed by atoms with E-state index in [0.717, 1.165) is 4.90 Å². The van der Waals surface area contributed by atoms with Gasteiger partial charge in [-0.15, -0.1) is 11.8 Å². The molecule has 0 aromatic heterocycles. The highest BCUT2D eigenvalue weighted by molar-refractivity contribution is 8.00. The zero-order valence-corrected chi connectivity index (χ0v) is 9.15. The first-order valence-electron chi connectivity index (χ1n) is 4.03. The van der Waals surface area contributed by atoms with Crippen LogP contribution in [0.4, 0.5) is 0 Å². The number of rotatable bonds is 3. The maximum atomic E-state index is 11.0. The van der Waals surface area contributed by atoms with E-state index < -0.39 is 0 Å². The molecule has 13 heavy (non-hydrogen) atoms. The minimum absolute atomic E-state index is 0.0279. The fourth-order valence-electron chi connectivity index (χ4n) is 0.814. The van der Waals surface area contributed by atoms with Crippen molar-refractivity contribution in [3.8, 4) is 0 Å². The zero-order chi connectivity index (χ0) is 9.84. The Morgan fingerprint density at radius 3 is 2.62 bits per heavy atom. The van der Waals surface area contributed by atoms with E-state index >= 15 is 0 Å². The number of halogens is 1. The van der Waals surface area contributed by atoms with Crippen LogP contribution in [-0.2, 0) is 4.79 Å². The predicted octanol–water partition coefficient (Wildman–Crippen LogP) is 3.41. The number of ketones is 1. The Morgan fingerprint density at radius 2 is 2.08 bits per heavy atom. The van der Waals surface area contributed by atoms with Gasteiger partial charge in [0.2, 0.25) is 0 Å². The van der Waals surface area contributed by atoms with Crippen LogP contribution in [0.5, 0.6) is 0 Å². The minimum atomic E-state index is -0.0279. The monoisotopic (exact) mass is 214 g/mol. The Balaban J connectivity index is 2.74. The molecule has 0 saturated carbocycles. The van der Waals surface area contributed by atoms with Crippen molar-refractivity contribution in [2.45, 2.75) is 24.0 Å². The van der Waals surface area contributed by atoms with Crippen LogP contribution in [0.1, 0.15) is 13.8 Å². The molecule has 0 aliphatic carbocycles. The maximum Gasteiger partial charge on any atom is 0.142 e. The van der Waals surface area contributed by atoms with E-state index in [1.807, 2.05) is 31.2 Å². The van der Waals surface area contributed by atoms with Gasteiger partial charge < -0.3 is 0 Å². The van der Waals surface area contributed by atoms with E-state index in [9.17, 15) is 4.79 Å². The third-order valence-electron chi connectivity index (χ3n) is 1.71. The highest BCUT2D eigenvalue weighted by Crippen LogP contribution is 2.29. The highest BCUT2D eigenvalue weighted by Gasteiger charge is 2.10. The maximum absolute atomic E-state index is 11.0. The fraction of sp³-hybridized carbons (Fsp3) is 0.300. The van der Waals surface area contributed by atoms with Crippen molar-refractivity contribution in [2.24, 2.45) is 0 Å². The molecule has 0 N–H and O–H groups in total. The van der Waals surface area contributed by atoms with Gasteiger partial charge in [-0.1, -0.05) is 23.7 Å². The second kappa shape index (κ2) is 4.68. The summed E-state index contributed by atoms with van der Waals surface area (Å²) >= 11 is 7.44. The quantitative estimate of drug-likeness (QED) is 0.718. The van der Waals surface area contributed by atoms with Crippen LogP contribution < -0.4 is 0 Å². The molecule has 1 unspecified atom stereocenters. The van der Waals surface area contributed by atoms with Crippen LogP contribution in [0.15, 0.2) is 29.2 Å². The first kappa shape index (κ1) is 10.6. The minimum Gasteiger partial charge on any atom is -0.299 e. The normalized spacial score (nSPS) is 12.5. The summed E-state index contributed by atoms with van der Waals surface area (Å²) < 4.78 is 0. The molecule has 0 saturated heterocycles. The molecule has 0 aliphatic heterocycles. The van der Waals surface area contributed by atoms with Crippen molar-refractivity contribution in [3.63, 3.8) is 0 Å². The lowest BCUT2D eigenvalue weighted by atomic mass is 10.3. The summed E-state index contributed by atoms with van der Waals surface area (Å²) in [5.41, 5.74) is 0. The second-order valence-corrected chi connectivity index (χ2v) is 4.59. The molecule has 70 valence electrons. The number of thioether (sulfide) groups is 1. The molecule has 0 heterocycles. The van der Waals surface area contributed by atoms with Crippen molar-refractivity contribution >= 4 is 29.1 Å². The molecule has 0 aliphatic rings. The van der Waals surface area contributed by atoms with Crippen molar-refractivity contribution in [2.75, 3.05) is 0 Å². The van der Waals surface area contributed by atoms with Gasteiger partial charge in [0, 0.05) is 4.90 Å². The summed E-state index contributed by atoms with van der Waals surface area (Å²) in [6, 6.07) is 7.55. The molecule has 0 radical (unpaired) electrons. The van der Waals surface area contributed by atoms with Gasteiger partial charge in [0.25, 0.3) is 0 Å². The van der Waals surface area contributed by atoms with Crippen LogP contribution >= 0.6 is 23.4 Å². The third kappa shape index (κ3) is 3.05. The van der Waals surface area contributed by atoms with Gasteiger partial charge in [0.1, 0.15) is 5.78 Å². The molecular weight excluding hydrogens is 204 g/mol. The molecule has 1 rings (SSSR count). The summed E-state index contributed by atoms with van der Waals surface area (Å²) in [5, 5.41) is 0.681. The van der Waals surface area contributed by atoms with Crippen LogP contribution in [0, 0.1) is 0 Å². The second-order valence-electron chi connectivity index (χ2n) is 2.80. The molecule has 0 spiro atoms. The molecule has 1 aromatic carbocycles. The third-order valence-corrected chi connectivity index (χ3v) is 3.45. The van der Waals surface area contributed by atoms with Gasteiger partial charge in [-0.2, -0.15) is 0 Å². The standard InChI is InChI=1S/C10H11ClOS/c1-7(12)8(2)13-10-6-4-3-5-9(10)11/h3-6,8H,1-2H3. The van der Waals surface area contributed by atoms with Gasteiger partial charge in [-0.05, 0) is 26.0 Å². The van der Waals surface area contributed by atoms with Gasteiger partial charge >= 0.3 is 0 Å². The Bertz CT molecular complexity index is 312. The summed E-state index contributed by atoms with van der Waals surface area (Å²) in [5.74, 6) is 0.171. The topological polar surface area (TPSA) is 17.1 Å². The van der Waals surface area contributed by atoms with E-state index in [0.29, 0.717) is 5.02 Å². The molecule has 1 atom stereocenters. The average molecular weight is 215 g/mol. The Morgan fingerprint density at radius 1 is 1.46 bits per heavy atom. The van der Waals surface area contributed by atoms with Crippen LogP contribution in [0.2, 0.25) is 5.02 Å². The van der Waals surface area contributed by atoms with Crippen molar-refractivity contribution in [1.29, 1.82) is 0 Å². The zero-order valence-electron chi connectivity index (χ0n) is 7.58. The Labute approximate surface area is 87.5 Å². The number of Topliss-reactive ketones (excluding diaryl/α,β-unsaturated/α-hetero) is 1. The Hall–Kier alpha value is -0.470. The van der Waals surface area contributed by atoms with E-state index in [2.05, 4.69) is 0 Å². The molecule has 1 nitrogen and oxygen atoms in total. The molecule has 0 bridgehead atoms. The molecule has 3 heteroatoms. The number of benzene rings is 1. The van der Waals surface area contributed by atoms with E-state index in [-0.39, 0.29) is 11.0 Å². The Kier molecular flexibility index (Phi) is 3.82. The SMILES string of the molecule is CC(=O)C(C)Sc1ccccc1Cl. The van der Waals surface area contributed by atoms with E-state index in [4.69, 9.17) is 11.6 Å². The number of hydrogen-bond acceptors (Lipinski definition) is 2. The summed E-state index contributed by atoms with van der Waals surface area (Å²) in [6.07, 6.45) is 0. The summed E-state index contributed by atoms with van der Waals surface area (Å²) in [6.45, 7) is 3.48. The smallest absolute Gasteiger partial charge is 0.142 e. The lowest BCUT2D eigenvalue weighted by Gasteiger charge is -2.07. The lowest BCUT2D eigenvalue weighted by Crippen LogP contribution is -2.07. The molecule has 1 aromatic rings. The molecule has 0 amide bonds. The molecular formula is C10H11ClOS. The lowest BCUT2D eigenvalue weighted by molar-refractivity contribution is -0.116. The predicted molar refractivity (Wildman–Crippen MR) is 57.5 cm³/mol. The van der Waals surface area contributed by atoms with E-state index in [1.54, 1.807) is 6.92 Å². The van der Waals surface area contributed by atoms with Crippen molar-refractivity contribution in [1.82, 2.24) is 0 Å². The number of carbonyl (C=O) groups is 1. The van der Waals surface area contributed by atoms with Crippen molar-refractivity contribution in [3.05, 3.63) is 29.3 Å². The average Bonchev–Trinajstić information content (AvgIpc) is 2.08. The van der Waals surface area contributed by atoms with Gasteiger partial charge in [0.05, 0.1) is 10.3 Å². The summed E-state index contributed by atoms with van der Waals surface area (Å²) in [4.78, 5) is 12.0. The van der Waals surface area contributed by atoms with E-state index in [1.165, 1.54) is 11.8 Å². The van der Waals surface area contributed by atoms with Crippen molar-refractivity contribution < 1.29 is 4.79 Å². The number of carbonyl (C=O) groups excluding carboxylic acids is 1. The highest BCUT2D eigenvalue weighted by atomic mass is 35.5. The molecule has 0 fully saturated rings. The first-order chi connectivity index (χ1) is 6.11. The number of hydrogen-bond donors (Lipinski definition) is 0. The summed E-state index contributed by atoms with van der Waals surface area (Å²) in [7, 11) is 0. The fourth-order valence-corrected chi connectivity index (χ4v) is 1.97. The van der Waals surface area contributed by atoms with Gasteiger partial charge in [-0.25, -0.2) is 0 Å². The van der Waals surface area contributed by atoms with Crippen LogP contribution in [0.25, 0.3) is 0 Å². The van der Waals surface area contributed by atoms with Gasteiger partial charge in [0.15, 0.2) is 0 Å². The largest absolute Gasteiger partial charge is 0.299 e. The first-order valence-corrected chi connectivity index (χ1v) is 5.28. The van der Waals surface area contributed by atoms with Crippen LogP contribution in [-0.4, -0.2) is 11.0 Å². The van der Waals surface area contributed by atoms with Crippen LogP contribution in [0.3, 0.4) is 0 Å².